The normalized spacial score (nSPS) is 30.7. The molecule has 1 fully saturated rings. The molecule has 0 saturated carbocycles. The quantitative estimate of drug-likeness (QED) is 0.756. The minimum absolute atomic E-state index is 0.0313. The lowest BCUT2D eigenvalue weighted by Crippen LogP contribution is -2.35. The standard InChI is InChI=1S/C10H21NO2S/c1-3-5-10(8-11-4-2)6-7-14(12,13)9-10/h11H,3-9H2,1-2H3. The molecule has 84 valence electrons. The number of sulfone groups is 1. The van der Waals surface area contributed by atoms with Crippen molar-refractivity contribution in [3.05, 3.63) is 0 Å². The molecule has 1 rings (SSSR count). The highest BCUT2D eigenvalue weighted by Gasteiger charge is 2.40. The van der Waals surface area contributed by atoms with Crippen LogP contribution in [-0.4, -0.2) is 33.0 Å². The maximum atomic E-state index is 11.5. The predicted molar refractivity (Wildman–Crippen MR) is 59.2 cm³/mol. The second-order valence-corrected chi connectivity index (χ2v) is 6.56. The van der Waals surface area contributed by atoms with Crippen LogP contribution in [0.5, 0.6) is 0 Å². The molecule has 1 N–H and O–H groups in total. The molecule has 1 unspecified atom stereocenters. The minimum atomic E-state index is -2.75. The van der Waals surface area contributed by atoms with Crippen LogP contribution in [0.1, 0.15) is 33.1 Å². The van der Waals surface area contributed by atoms with E-state index in [1.165, 1.54) is 0 Å². The van der Waals surface area contributed by atoms with Crippen LogP contribution < -0.4 is 5.32 Å². The Morgan fingerprint density at radius 1 is 1.36 bits per heavy atom. The first-order valence-corrected chi connectivity index (χ1v) is 7.27. The molecule has 3 nitrogen and oxygen atoms in total. The van der Waals surface area contributed by atoms with Gasteiger partial charge in [-0.25, -0.2) is 8.42 Å². The molecule has 1 saturated heterocycles. The summed E-state index contributed by atoms with van der Waals surface area (Å²) in [5.41, 5.74) is 0.0313. The van der Waals surface area contributed by atoms with E-state index in [9.17, 15) is 8.42 Å². The molecule has 1 aliphatic rings. The number of hydrogen-bond acceptors (Lipinski definition) is 3. The number of rotatable bonds is 5. The van der Waals surface area contributed by atoms with E-state index in [4.69, 9.17) is 0 Å². The van der Waals surface area contributed by atoms with Crippen LogP contribution in [0.2, 0.25) is 0 Å². The lowest BCUT2D eigenvalue weighted by molar-refractivity contribution is 0.289. The van der Waals surface area contributed by atoms with Crippen molar-refractivity contribution in [1.29, 1.82) is 0 Å². The van der Waals surface area contributed by atoms with Gasteiger partial charge in [0.05, 0.1) is 11.5 Å². The second kappa shape index (κ2) is 4.62. The van der Waals surface area contributed by atoms with Gasteiger partial charge in [0.25, 0.3) is 0 Å². The molecule has 1 heterocycles. The van der Waals surface area contributed by atoms with Crippen LogP contribution in [0.25, 0.3) is 0 Å². The van der Waals surface area contributed by atoms with Crippen molar-refractivity contribution < 1.29 is 8.42 Å². The Balaban J connectivity index is 2.64. The van der Waals surface area contributed by atoms with Gasteiger partial charge in [0.2, 0.25) is 0 Å². The van der Waals surface area contributed by atoms with Gasteiger partial charge in [-0.05, 0) is 24.8 Å². The molecule has 14 heavy (non-hydrogen) atoms. The van der Waals surface area contributed by atoms with Crippen molar-refractivity contribution >= 4 is 9.84 Å². The van der Waals surface area contributed by atoms with Crippen molar-refractivity contribution in [2.24, 2.45) is 5.41 Å². The van der Waals surface area contributed by atoms with Crippen molar-refractivity contribution in [3.8, 4) is 0 Å². The first-order valence-electron chi connectivity index (χ1n) is 5.45. The molecule has 0 aliphatic carbocycles. The number of hydrogen-bond donors (Lipinski definition) is 1. The molecule has 0 spiro atoms. The summed E-state index contributed by atoms with van der Waals surface area (Å²) in [6.07, 6.45) is 2.94. The summed E-state index contributed by atoms with van der Waals surface area (Å²) < 4.78 is 22.9. The van der Waals surface area contributed by atoms with E-state index in [1.54, 1.807) is 0 Å². The van der Waals surface area contributed by atoms with Gasteiger partial charge in [-0.15, -0.1) is 0 Å². The molecule has 4 heteroatoms. The third-order valence-electron chi connectivity index (χ3n) is 3.00. The fourth-order valence-corrected chi connectivity index (χ4v) is 4.54. The van der Waals surface area contributed by atoms with E-state index in [2.05, 4.69) is 19.2 Å². The van der Waals surface area contributed by atoms with Gasteiger partial charge in [-0.3, -0.25) is 0 Å². The summed E-state index contributed by atoms with van der Waals surface area (Å²) in [6.45, 7) is 5.96. The molecule has 0 bridgehead atoms. The average molecular weight is 219 g/mol. The zero-order valence-electron chi connectivity index (χ0n) is 9.17. The smallest absolute Gasteiger partial charge is 0.150 e. The second-order valence-electron chi connectivity index (χ2n) is 4.37. The fraction of sp³-hybridized carbons (Fsp3) is 1.00. The van der Waals surface area contributed by atoms with Crippen LogP contribution in [0.3, 0.4) is 0 Å². The third kappa shape index (κ3) is 2.95. The Kier molecular flexibility index (Phi) is 3.95. The van der Waals surface area contributed by atoms with E-state index in [1.807, 2.05) is 0 Å². The number of nitrogens with one attached hydrogen (secondary N) is 1. The first kappa shape index (κ1) is 12.0. The Morgan fingerprint density at radius 2 is 2.07 bits per heavy atom. The summed E-state index contributed by atoms with van der Waals surface area (Å²) >= 11 is 0. The molecule has 1 aliphatic heterocycles. The van der Waals surface area contributed by atoms with Crippen molar-refractivity contribution in [1.82, 2.24) is 5.32 Å². The topological polar surface area (TPSA) is 46.2 Å². The molecule has 0 radical (unpaired) electrons. The molecule has 0 amide bonds. The first-order chi connectivity index (χ1) is 6.54. The van der Waals surface area contributed by atoms with Crippen LogP contribution in [-0.2, 0) is 9.84 Å². The third-order valence-corrected chi connectivity index (χ3v) is 4.88. The molecular formula is C10H21NO2S. The highest BCUT2D eigenvalue weighted by molar-refractivity contribution is 7.91. The van der Waals surface area contributed by atoms with E-state index >= 15 is 0 Å². The van der Waals surface area contributed by atoms with Gasteiger partial charge in [-0.1, -0.05) is 20.3 Å². The van der Waals surface area contributed by atoms with E-state index in [0.717, 1.165) is 32.4 Å². The van der Waals surface area contributed by atoms with E-state index in [-0.39, 0.29) is 5.41 Å². The van der Waals surface area contributed by atoms with Crippen molar-refractivity contribution in [2.75, 3.05) is 24.6 Å². The summed E-state index contributed by atoms with van der Waals surface area (Å²) in [4.78, 5) is 0. The zero-order valence-corrected chi connectivity index (χ0v) is 9.99. The minimum Gasteiger partial charge on any atom is -0.316 e. The van der Waals surface area contributed by atoms with Gasteiger partial charge < -0.3 is 5.32 Å². The Hall–Kier alpha value is -0.0900. The van der Waals surface area contributed by atoms with Crippen LogP contribution >= 0.6 is 0 Å². The lowest BCUT2D eigenvalue weighted by Gasteiger charge is -2.27. The SMILES string of the molecule is CCCC1(CNCC)CCS(=O)(=O)C1. The van der Waals surface area contributed by atoms with Gasteiger partial charge in [0.15, 0.2) is 9.84 Å². The van der Waals surface area contributed by atoms with Gasteiger partial charge in [0.1, 0.15) is 0 Å². The average Bonchev–Trinajstić information content (AvgIpc) is 2.40. The molecular weight excluding hydrogens is 198 g/mol. The summed E-state index contributed by atoms with van der Waals surface area (Å²) in [5.74, 6) is 0.777. The monoisotopic (exact) mass is 219 g/mol. The maximum absolute atomic E-state index is 11.5. The van der Waals surface area contributed by atoms with Crippen LogP contribution in [0, 0.1) is 5.41 Å². The zero-order chi connectivity index (χ0) is 10.7. The molecule has 0 aromatic rings. The van der Waals surface area contributed by atoms with Crippen LogP contribution in [0.4, 0.5) is 0 Å². The van der Waals surface area contributed by atoms with Gasteiger partial charge in [0, 0.05) is 6.54 Å². The Labute approximate surface area is 87.2 Å². The van der Waals surface area contributed by atoms with Crippen LogP contribution in [0.15, 0.2) is 0 Å². The van der Waals surface area contributed by atoms with Gasteiger partial charge >= 0.3 is 0 Å². The van der Waals surface area contributed by atoms with Crippen molar-refractivity contribution in [2.45, 2.75) is 33.1 Å². The molecule has 1 atom stereocenters. The summed E-state index contributed by atoms with van der Waals surface area (Å²) in [5, 5.41) is 3.29. The van der Waals surface area contributed by atoms with E-state index < -0.39 is 9.84 Å². The maximum Gasteiger partial charge on any atom is 0.150 e. The van der Waals surface area contributed by atoms with Gasteiger partial charge in [-0.2, -0.15) is 0 Å². The van der Waals surface area contributed by atoms with E-state index in [0.29, 0.717) is 11.5 Å². The highest BCUT2D eigenvalue weighted by atomic mass is 32.2. The Morgan fingerprint density at radius 3 is 2.50 bits per heavy atom. The molecule has 0 aromatic heterocycles. The van der Waals surface area contributed by atoms with Crippen molar-refractivity contribution in [3.63, 3.8) is 0 Å². The summed E-state index contributed by atoms with van der Waals surface area (Å²) in [7, 11) is -2.75. The highest BCUT2D eigenvalue weighted by Crippen LogP contribution is 2.36. The summed E-state index contributed by atoms with van der Waals surface area (Å²) in [6, 6.07) is 0. The lowest BCUT2D eigenvalue weighted by atomic mass is 9.83. The Bertz CT molecular complexity index is 274. The fourth-order valence-electron chi connectivity index (χ4n) is 2.33. The largest absolute Gasteiger partial charge is 0.316 e. The predicted octanol–water partition coefficient (Wildman–Crippen LogP) is 1.20. The molecule has 0 aromatic carbocycles.